The van der Waals surface area contributed by atoms with E-state index in [1.807, 2.05) is 0 Å². The Kier molecular flexibility index (Phi) is 3.04. The van der Waals surface area contributed by atoms with E-state index in [4.69, 9.17) is 15.7 Å². The van der Waals surface area contributed by atoms with E-state index in [0.29, 0.717) is 23.6 Å². The van der Waals surface area contributed by atoms with E-state index < -0.39 is 25.7 Å². The van der Waals surface area contributed by atoms with Gasteiger partial charge in [-0.15, -0.1) is 0 Å². The van der Waals surface area contributed by atoms with Crippen molar-refractivity contribution >= 4 is 5.97 Å². The number of hydrogen-bond acceptors (Lipinski definition) is 4. The van der Waals surface area contributed by atoms with E-state index in [9.17, 15) is 4.79 Å². The van der Waals surface area contributed by atoms with Gasteiger partial charge in [0.2, 0.25) is 0 Å². The van der Waals surface area contributed by atoms with Crippen molar-refractivity contribution in [3.63, 3.8) is 0 Å². The number of carbonyl (C=O) groups is 1. The number of ether oxygens (including phenoxy) is 1. The second-order valence-corrected chi connectivity index (χ2v) is 4.28. The van der Waals surface area contributed by atoms with Gasteiger partial charge in [0.25, 0.3) is 0 Å². The van der Waals surface area contributed by atoms with Crippen LogP contribution in [0.3, 0.4) is 0 Å². The van der Waals surface area contributed by atoms with Crippen LogP contribution in [0.4, 0.5) is 0 Å². The molecule has 4 nitrogen and oxygen atoms in total. The van der Waals surface area contributed by atoms with Crippen LogP contribution in [0, 0.1) is 0 Å². The zero-order valence-electron chi connectivity index (χ0n) is 19.4. The minimum atomic E-state index is -3.03. The molecule has 1 saturated heterocycles. The predicted molar refractivity (Wildman–Crippen MR) is 79.3 cm³/mol. The molecule has 1 aliphatic heterocycles. The third kappa shape index (κ3) is 4.94. The number of rotatable bonds is 7. The van der Waals surface area contributed by atoms with Gasteiger partial charge >= 0.3 is 5.97 Å². The molecular weight excluding hydrogens is 252 g/mol. The van der Waals surface area contributed by atoms with Gasteiger partial charge in [0.15, 0.2) is 0 Å². The maximum atomic E-state index is 11.3. The Morgan fingerprint density at radius 3 is 2.60 bits per heavy atom. The highest BCUT2D eigenvalue weighted by Gasteiger charge is 2.11. The maximum absolute atomic E-state index is 11.3. The van der Waals surface area contributed by atoms with Gasteiger partial charge in [-0.05, 0) is 43.8 Å². The summed E-state index contributed by atoms with van der Waals surface area (Å²) in [6.45, 7) is -3.47. The average molecular weight is 284 g/mol. The quantitative estimate of drug-likeness (QED) is 0.777. The summed E-state index contributed by atoms with van der Waals surface area (Å²) in [5, 5.41) is 2.92. The monoisotopic (exact) mass is 284 g/mol. The van der Waals surface area contributed by atoms with Crippen LogP contribution in [0.1, 0.15) is 41.8 Å². The van der Waals surface area contributed by atoms with Crippen LogP contribution >= 0.6 is 0 Å². The van der Waals surface area contributed by atoms with Gasteiger partial charge in [-0.25, -0.2) is 0 Å². The summed E-state index contributed by atoms with van der Waals surface area (Å²) in [6, 6.07) is 6.71. The molecule has 1 heterocycles. The topological polar surface area (TPSA) is 41.6 Å². The molecule has 0 unspecified atom stereocenters. The number of esters is 1. The number of likely N-dealkylation sites (tertiary alicyclic amines) is 1. The Morgan fingerprint density at radius 1 is 1.30 bits per heavy atom. The molecule has 0 radical (unpaired) electrons. The lowest BCUT2D eigenvalue weighted by Crippen LogP contribution is -2.24. The molecule has 1 fully saturated rings. The number of nitrogens with zero attached hydrogens (tertiary/aromatic N) is 1. The van der Waals surface area contributed by atoms with E-state index in [-0.39, 0.29) is 19.1 Å². The van der Waals surface area contributed by atoms with Crippen LogP contribution in [-0.2, 0) is 22.6 Å². The third-order valence-electron chi connectivity index (χ3n) is 2.71. The summed E-state index contributed by atoms with van der Waals surface area (Å²) in [5.41, 5.74) is 1.35. The molecule has 4 heteroatoms. The highest BCUT2D eigenvalue weighted by Crippen LogP contribution is 2.13. The lowest BCUT2D eigenvalue weighted by molar-refractivity contribution is -0.142. The van der Waals surface area contributed by atoms with Gasteiger partial charge in [-0.1, -0.05) is 24.3 Å². The van der Waals surface area contributed by atoms with E-state index in [1.165, 1.54) is 0 Å². The molecule has 1 aromatic carbocycles. The molecule has 0 atom stereocenters. The summed E-state index contributed by atoms with van der Waals surface area (Å²) < 4.78 is 68.0. The summed E-state index contributed by atoms with van der Waals surface area (Å²) >= 11 is 0. The fraction of sp³-hybridized carbons (Fsp3) is 0.562. The minimum Gasteiger partial charge on any atom is -0.465 e. The Hall–Kier alpha value is -1.39. The van der Waals surface area contributed by atoms with Gasteiger partial charge in [-0.2, -0.15) is 0 Å². The van der Waals surface area contributed by atoms with Gasteiger partial charge in [0.1, 0.15) is 0 Å². The first-order valence-corrected chi connectivity index (χ1v) is 6.51. The average Bonchev–Trinajstić information content (AvgIpc) is 2.66. The van der Waals surface area contributed by atoms with Crippen LogP contribution in [0.15, 0.2) is 24.3 Å². The van der Waals surface area contributed by atoms with Crippen molar-refractivity contribution in [2.45, 2.75) is 32.8 Å². The van der Waals surface area contributed by atoms with Crippen LogP contribution in [0.25, 0.3) is 0 Å². The van der Waals surface area contributed by atoms with Gasteiger partial charge in [-0.3, -0.25) is 9.69 Å². The van der Waals surface area contributed by atoms with Crippen molar-refractivity contribution in [1.29, 1.82) is 0 Å². The van der Waals surface area contributed by atoms with Crippen LogP contribution < -0.4 is 5.32 Å². The molecule has 1 aliphatic rings. The standard InChI is InChI=1S/C16H24N2O2/c1-2-20-16(19)12-17-11-14-5-7-15(8-6-14)13-18-9-3-4-10-18/h5-8,17H,2-4,9-13H2,1H3/i3D2,4D2,9D2,10D2. The van der Waals surface area contributed by atoms with E-state index >= 15 is 0 Å². The number of nitrogens with one attached hydrogen (secondary N) is 1. The van der Waals surface area contributed by atoms with Crippen molar-refractivity contribution in [3.8, 4) is 0 Å². The van der Waals surface area contributed by atoms with E-state index in [1.54, 1.807) is 31.2 Å². The predicted octanol–water partition coefficient (Wildman–Crippen LogP) is 1.94. The Morgan fingerprint density at radius 2 is 1.95 bits per heavy atom. The Bertz CT molecular complexity index is 683. The number of hydrogen-bond donors (Lipinski definition) is 1. The lowest BCUT2D eigenvalue weighted by atomic mass is 10.1. The van der Waals surface area contributed by atoms with Crippen LogP contribution in [0.5, 0.6) is 0 Å². The molecule has 0 amide bonds. The zero-order chi connectivity index (χ0) is 21.4. The maximum Gasteiger partial charge on any atom is 0.319 e. The fourth-order valence-electron chi connectivity index (χ4n) is 1.76. The van der Waals surface area contributed by atoms with Crippen molar-refractivity contribution in [2.75, 3.05) is 26.1 Å². The molecule has 0 spiro atoms. The van der Waals surface area contributed by atoms with Crippen molar-refractivity contribution in [1.82, 2.24) is 10.2 Å². The van der Waals surface area contributed by atoms with Crippen LogP contribution in [0.2, 0.25) is 0 Å². The van der Waals surface area contributed by atoms with Gasteiger partial charge in [0.05, 0.1) is 13.2 Å². The first-order valence-electron chi connectivity index (χ1n) is 10.5. The number of benzene rings is 1. The molecule has 110 valence electrons. The summed E-state index contributed by atoms with van der Waals surface area (Å²) in [5.74, 6) is -0.360. The second kappa shape index (κ2) is 8.02. The first-order chi connectivity index (χ1) is 12.8. The third-order valence-corrected chi connectivity index (χ3v) is 2.71. The van der Waals surface area contributed by atoms with Crippen molar-refractivity contribution in [2.24, 2.45) is 0 Å². The van der Waals surface area contributed by atoms with Crippen molar-refractivity contribution < 1.29 is 20.5 Å². The summed E-state index contributed by atoms with van der Waals surface area (Å²) in [6.07, 6.45) is -6.05. The van der Waals surface area contributed by atoms with Gasteiger partial charge < -0.3 is 10.1 Å². The normalized spacial score (nSPS) is 31.4. The SMILES string of the molecule is [2H]C1([2H])N(Cc2ccc(CNCC(=O)OCC)cc2)C([2H])([2H])C([2H])([2H])C1([2H])[2H]. The number of carbonyl (C=O) groups excluding carboxylic acids is 1. The van der Waals surface area contributed by atoms with Gasteiger partial charge in [0, 0.05) is 24.1 Å². The van der Waals surface area contributed by atoms with E-state index in [0.717, 1.165) is 5.56 Å². The Labute approximate surface area is 132 Å². The molecule has 0 saturated carbocycles. The van der Waals surface area contributed by atoms with Crippen LogP contribution in [-0.4, -0.2) is 37.0 Å². The largest absolute Gasteiger partial charge is 0.465 e. The highest BCUT2D eigenvalue weighted by atomic mass is 16.5. The molecule has 0 aromatic heterocycles. The first kappa shape index (κ1) is 7.57. The summed E-state index contributed by atoms with van der Waals surface area (Å²) in [4.78, 5) is 11.9. The minimum absolute atomic E-state index is 0.0634. The second-order valence-electron chi connectivity index (χ2n) is 4.28. The molecule has 0 bridgehead atoms. The van der Waals surface area contributed by atoms with E-state index in [2.05, 4.69) is 5.32 Å². The molecule has 1 aromatic rings. The molecule has 20 heavy (non-hydrogen) atoms. The fourth-order valence-corrected chi connectivity index (χ4v) is 1.76. The zero-order valence-corrected chi connectivity index (χ0v) is 11.4. The lowest BCUT2D eigenvalue weighted by Gasteiger charge is -2.14. The molecule has 2 rings (SSSR count). The molecule has 1 N–H and O–H groups in total. The molecule has 0 aliphatic carbocycles. The molecular formula is C16H24N2O2. The Balaban J connectivity index is 2.08. The van der Waals surface area contributed by atoms with Crippen molar-refractivity contribution in [3.05, 3.63) is 35.4 Å². The highest BCUT2D eigenvalue weighted by molar-refractivity contribution is 5.71. The smallest absolute Gasteiger partial charge is 0.319 e. The summed E-state index contributed by atoms with van der Waals surface area (Å²) in [7, 11) is 0.